The van der Waals surface area contributed by atoms with Crippen LogP contribution in [0.3, 0.4) is 0 Å². The number of hydrogen-bond donors (Lipinski definition) is 1. The van der Waals surface area contributed by atoms with E-state index in [9.17, 15) is 10.4 Å². The predicted molar refractivity (Wildman–Crippen MR) is 77.6 cm³/mol. The summed E-state index contributed by atoms with van der Waals surface area (Å²) in [5.74, 6) is 0. The van der Waals surface area contributed by atoms with Gasteiger partial charge in [0, 0.05) is 20.9 Å². The molecular formula is C16H14ClN2O2+. The highest BCUT2D eigenvalue weighted by atomic mass is 35.5. The first kappa shape index (κ1) is 13.9. The maximum Gasteiger partial charge on any atom is 0.265 e. The van der Waals surface area contributed by atoms with Gasteiger partial charge in [-0.25, -0.2) is 0 Å². The highest BCUT2D eigenvalue weighted by molar-refractivity contribution is 6.30. The standard InChI is InChI=1S/C16H14ClN2O2/c1-21-19-9-12(6-10-3-5-15(20)16(10)19)14-7-13(17)4-2-11(14)8-18/h2,4,6-7,9,15,20H,3,5H2,1H3/q+1/t15-/m1/s1. The number of nitriles is 1. The summed E-state index contributed by atoms with van der Waals surface area (Å²) in [5.41, 5.74) is 3.98. The van der Waals surface area contributed by atoms with Crippen molar-refractivity contribution < 1.29 is 14.7 Å². The zero-order valence-corrected chi connectivity index (χ0v) is 12.3. The van der Waals surface area contributed by atoms with E-state index in [0.717, 1.165) is 28.8 Å². The van der Waals surface area contributed by atoms with Gasteiger partial charge in [0.15, 0.2) is 0 Å². The zero-order valence-electron chi connectivity index (χ0n) is 11.5. The first-order chi connectivity index (χ1) is 10.1. The summed E-state index contributed by atoms with van der Waals surface area (Å²) >= 11 is 6.05. The van der Waals surface area contributed by atoms with Crippen LogP contribution in [0, 0.1) is 11.3 Å². The van der Waals surface area contributed by atoms with Crippen molar-refractivity contribution in [2.45, 2.75) is 18.9 Å². The fraction of sp³-hybridized carbons (Fsp3) is 0.250. The lowest BCUT2D eigenvalue weighted by Crippen LogP contribution is -2.45. The Morgan fingerprint density at radius 1 is 1.43 bits per heavy atom. The molecule has 1 aromatic carbocycles. The second kappa shape index (κ2) is 5.36. The first-order valence-corrected chi connectivity index (χ1v) is 7.03. The summed E-state index contributed by atoms with van der Waals surface area (Å²) < 4.78 is 1.57. The number of aromatic nitrogens is 1. The van der Waals surface area contributed by atoms with Crippen molar-refractivity contribution in [2.75, 3.05) is 7.11 Å². The molecule has 0 spiro atoms. The molecule has 21 heavy (non-hydrogen) atoms. The molecule has 0 fully saturated rings. The molecule has 1 aromatic heterocycles. The minimum Gasteiger partial charge on any atom is -0.382 e. The average molecular weight is 302 g/mol. The van der Waals surface area contributed by atoms with E-state index >= 15 is 0 Å². The molecule has 2 aromatic rings. The first-order valence-electron chi connectivity index (χ1n) is 6.65. The molecule has 0 bridgehead atoms. The molecule has 1 heterocycles. The van der Waals surface area contributed by atoms with E-state index in [1.807, 2.05) is 6.07 Å². The second-order valence-corrected chi connectivity index (χ2v) is 5.44. The van der Waals surface area contributed by atoms with Crippen molar-refractivity contribution >= 4 is 11.6 Å². The smallest absolute Gasteiger partial charge is 0.265 e. The van der Waals surface area contributed by atoms with E-state index in [2.05, 4.69) is 6.07 Å². The van der Waals surface area contributed by atoms with Crippen LogP contribution in [-0.2, 0) is 6.42 Å². The van der Waals surface area contributed by atoms with E-state index in [0.29, 0.717) is 17.0 Å². The van der Waals surface area contributed by atoms with Gasteiger partial charge >= 0.3 is 0 Å². The van der Waals surface area contributed by atoms with Crippen molar-refractivity contribution in [3.63, 3.8) is 0 Å². The van der Waals surface area contributed by atoms with Gasteiger partial charge in [-0.05, 0) is 37.1 Å². The number of nitrogens with zero attached hydrogens (tertiary/aromatic N) is 2. The van der Waals surface area contributed by atoms with Crippen LogP contribution in [0.25, 0.3) is 11.1 Å². The number of benzene rings is 1. The summed E-state index contributed by atoms with van der Waals surface area (Å²) in [5, 5.41) is 19.9. The van der Waals surface area contributed by atoms with E-state index < -0.39 is 6.10 Å². The van der Waals surface area contributed by atoms with Crippen LogP contribution in [0.15, 0.2) is 30.5 Å². The Morgan fingerprint density at radius 2 is 2.24 bits per heavy atom. The molecule has 106 valence electrons. The minimum atomic E-state index is -0.510. The number of halogens is 1. The lowest BCUT2D eigenvalue weighted by atomic mass is 10.00. The lowest BCUT2D eigenvalue weighted by Gasteiger charge is -2.07. The van der Waals surface area contributed by atoms with Gasteiger partial charge in [-0.2, -0.15) is 5.26 Å². The molecule has 0 aliphatic heterocycles. The quantitative estimate of drug-likeness (QED) is 0.865. The van der Waals surface area contributed by atoms with Crippen LogP contribution in [0.1, 0.15) is 29.3 Å². The van der Waals surface area contributed by atoms with Gasteiger partial charge in [0.05, 0.1) is 17.2 Å². The van der Waals surface area contributed by atoms with Crippen LogP contribution >= 0.6 is 11.6 Å². The Labute approximate surface area is 127 Å². The highest BCUT2D eigenvalue weighted by Crippen LogP contribution is 2.32. The van der Waals surface area contributed by atoms with Gasteiger partial charge in [-0.3, -0.25) is 4.84 Å². The number of rotatable bonds is 2. The maximum absolute atomic E-state index is 10.0. The van der Waals surface area contributed by atoms with Crippen molar-refractivity contribution in [2.24, 2.45) is 0 Å². The third-order valence-corrected chi connectivity index (χ3v) is 4.00. The Balaban J connectivity index is 2.21. The molecule has 0 saturated heterocycles. The van der Waals surface area contributed by atoms with Crippen molar-refractivity contribution in [3.05, 3.63) is 52.3 Å². The molecule has 1 N–H and O–H groups in total. The monoisotopic (exact) mass is 301 g/mol. The van der Waals surface area contributed by atoms with Crippen LogP contribution in [-0.4, -0.2) is 12.2 Å². The molecule has 0 radical (unpaired) electrons. The van der Waals surface area contributed by atoms with E-state index in [1.54, 1.807) is 36.2 Å². The number of hydrogen-bond acceptors (Lipinski definition) is 3. The molecule has 3 rings (SSSR count). The Bertz CT molecular complexity index is 753. The molecule has 4 nitrogen and oxygen atoms in total. The zero-order chi connectivity index (χ0) is 15.0. The van der Waals surface area contributed by atoms with Crippen LogP contribution < -0.4 is 9.57 Å². The van der Waals surface area contributed by atoms with E-state index in [1.165, 1.54) is 0 Å². The SMILES string of the molecule is CO[n+]1cc(-c2cc(Cl)ccc2C#N)cc2c1[C@H](O)CC2. The molecule has 0 saturated carbocycles. The fourth-order valence-electron chi connectivity index (χ4n) is 2.78. The minimum absolute atomic E-state index is 0.510. The lowest BCUT2D eigenvalue weighted by molar-refractivity contribution is -0.891. The van der Waals surface area contributed by atoms with Crippen LogP contribution in [0.2, 0.25) is 5.02 Å². The highest BCUT2D eigenvalue weighted by Gasteiger charge is 2.33. The van der Waals surface area contributed by atoms with Gasteiger partial charge in [0.2, 0.25) is 6.20 Å². The summed E-state index contributed by atoms with van der Waals surface area (Å²) in [6.45, 7) is 0. The average Bonchev–Trinajstić information content (AvgIpc) is 2.88. The van der Waals surface area contributed by atoms with E-state index in [4.69, 9.17) is 16.4 Å². The van der Waals surface area contributed by atoms with Gasteiger partial charge in [0.1, 0.15) is 13.2 Å². The van der Waals surface area contributed by atoms with Crippen molar-refractivity contribution in [1.29, 1.82) is 5.26 Å². The number of fused-ring (bicyclic) bond motifs is 1. The third-order valence-electron chi connectivity index (χ3n) is 3.77. The summed E-state index contributed by atoms with van der Waals surface area (Å²) in [4.78, 5) is 5.33. The van der Waals surface area contributed by atoms with E-state index in [-0.39, 0.29) is 0 Å². The second-order valence-electron chi connectivity index (χ2n) is 5.00. The third kappa shape index (κ3) is 2.35. The van der Waals surface area contributed by atoms with Crippen LogP contribution in [0.4, 0.5) is 0 Å². The molecular weight excluding hydrogens is 288 g/mol. The molecule has 1 aliphatic rings. The molecule has 1 atom stereocenters. The molecule has 1 aliphatic carbocycles. The van der Waals surface area contributed by atoms with Crippen molar-refractivity contribution in [3.8, 4) is 17.2 Å². The topological polar surface area (TPSA) is 57.1 Å². The molecule has 0 unspecified atom stereocenters. The number of aliphatic hydroxyl groups excluding tert-OH is 1. The summed E-state index contributed by atoms with van der Waals surface area (Å²) in [7, 11) is 1.55. The Hall–Kier alpha value is -2.09. The summed E-state index contributed by atoms with van der Waals surface area (Å²) in [6, 6.07) is 9.35. The number of aryl methyl sites for hydroxylation is 1. The fourth-order valence-corrected chi connectivity index (χ4v) is 2.95. The predicted octanol–water partition coefficient (Wildman–Crippen LogP) is 2.20. The number of aliphatic hydroxyl groups is 1. The van der Waals surface area contributed by atoms with Gasteiger partial charge in [-0.15, -0.1) is 0 Å². The van der Waals surface area contributed by atoms with Crippen molar-refractivity contribution in [1.82, 2.24) is 0 Å². The molecule has 0 amide bonds. The number of pyridine rings is 1. The largest absolute Gasteiger partial charge is 0.382 e. The Morgan fingerprint density at radius 3 is 2.95 bits per heavy atom. The normalized spacial score (nSPS) is 16.4. The Kier molecular flexibility index (Phi) is 3.54. The van der Waals surface area contributed by atoms with Gasteiger partial charge in [-0.1, -0.05) is 11.6 Å². The molecule has 5 heteroatoms. The van der Waals surface area contributed by atoms with Gasteiger partial charge < -0.3 is 5.11 Å². The van der Waals surface area contributed by atoms with Crippen LogP contribution in [0.5, 0.6) is 0 Å². The maximum atomic E-state index is 10.0. The summed E-state index contributed by atoms with van der Waals surface area (Å²) in [6.07, 6.45) is 2.74. The van der Waals surface area contributed by atoms with Gasteiger partial charge in [0.25, 0.3) is 5.69 Å².